The van der Waals surface area contributed by atoms with Crippen molar-refractivity contribution in [3.05, 3.63) is 53.1 Å². The predicted molar refractivity (Wildman–Crippen MR) is 103 cm³/mol. The second kappa shape index (κ2) is 7.72. The molecule has 0 saturated heterocycles. The normalized spacial score (nSPS) is 11.2. The van der Waals surface area contributed by atoms with Gasteiger partial charge < -0.3 is 10.2 Å². The Hall–Kier alpha value is -2.31. The summed E-state index contributed by atoms with van der Waals surface area (Å²) in [6.45, 7) is 5.56. The van der Waals surface area contributed by atoms with Crippen molar-refractivity contribution in [3.63, 3.8) is 0 Å². The molecule has 1 amide bonds. The monoisotopic (exact) mass is 354 g/mol. The average molecular weight is 354 g/mol. The fourth-order valence-corrected chi connectivity index (χ4v) is 3.23. The number of aryl methyl sites for hydroxylation is 1. The minimum atomic E-state index is 0.0414. The Kier molecular flexibility index (Phi) is 5.40. The summed E-state index contributed by atoms with van der Waals surface area (Å²) in [5, 5.41) is 3.01. The van der Waals surface area contributed by atoms with E-state index in [4.69, 9.17) is 0 Å². The van der Waals surface area contributed by atoms with Gasteiger partial charge in [0, 0.05) is 25.2 Å². The molecule has 1 heterocycles. The van der Waals surface area contributed by atoms with Crippen molar-refractivity contribution in [3.8, 4) is 0 Å². The number of rotatable bonds is 6. The van der Waals surface area contributed by atoms with Crippen molar-refractivity contribution in [1.82, 2.24) is 13.6 Å². The summed E-state index contributed by atoms with van der Waals surface area (Å²) < 4.78 is 8.49. The summed E-state index contributed by atoms with van der Waals surface area (Å²) in [7, 11) is 2.02. The molecule has 1 N–H and O–H groups in total. The Bertz CT molecular complexity index is 890. The molecule has 130 valence electrons. The molecule has 1 aromatic heterocycles. The van der Waals surface area contributed by atoms with Crippen LogP contribution in [0.2, 0.25) is 0 Å². The van der Waals surface area contributed by atoms with Crippen LogP contribution < -0.4 is 5.32 Å². The molecular weight excluding hydrogens is 332 g/mol. The van der Waals surface area contributed by atoms with Crippen LogP contribution in [0.15, 0.2) is 36.4 Å². The van der Waals surface area contributed by atoms with E-state index in [-0.39, 0.29) is 5.91 Å². The lowest BCUT2D eigenvalue weighted by Crippen LogP contribution is -2.24. The van der Waals surface area contributed by atoms with Crippen LogP contribution in [-0.2, 0) is 11.3 Å². The molecule has 5 nitrogen and oxygen atoms in total. The number of hydrogen-bond acceptors (Lipinski definition) is 5. The summed E-state index contributed by atoms with van der Waals surface area (Å²) in [5.41, 5.74) is 6.25. The molecule has 0 unspecified atom stereocenters. The number of fused-ring (bicyclic) bond motifs is 1. The molecule has 0 spiro atoms. The van der Waals surface area contributed by atoms with E-state index in [9.17, 15) is 4.79 Å². The minimum Gasteiger partial charge on any atom is -0.326 e. The van der Waals surface area contributed by atoms with Gasteiger partial charge in [0.25, 0.3) is 0 Å². The Morgan fingerprint density at radius 2 is 1.96 bits per heavy atom. The lowest BCUT2D eigenvalue weighted by Gasteiger charge is -2.17. The number of nitrogens with one attached hydrogen (secondary N) is 1. The lowest BCUT2D eigenvalue weighted by atomic mass is 10.1. The maximum Gasteiger partial charge on any atom is 0.225 e. The molecule has 3 aromatic rings. The van der Waals surface area contributed by atoms with E-state index in [2.05, 4.69) is 31.1 Å². The highest BCUT2D eigenvalue weighted by molar-refractivity contribution is 7.00. The van der Waals surface area contributed by atoms with E-state index >= 15 is 0 Å². The summed E-state index contributed by atoms with van der Waals surface area (Å²) in [6, 6.07) is 12.1. The van der Waals surface area contributed by atoms with Crippen LogP contribution in [0.5, 0.6) is 0 Å². The molecule has 25 heavy (non-hydrogen) atoms. The van der Waals surface area contributed by atoms with Crippen LogP contribution >= 0.6 is 11.7 Å². The first-order chi connectivity index (χ1) is 12.0. The highest BCUT2D eigenvalue weighted by atomic mass is 32.1. The molecular formula is C19H22N4OS. The zero-order chi connectivity index (χ0) is 17.8. The van der Waals surface area contributed by atoms with E-state index in [0.29, 0.717) is 13.0 Å². The van der Waals surface area contributed by atoms with Gasteiger partial charge >= 0.3 is 0 Å². The molecule has 0 radical (unpaired) electrons. The smallest absolute Gasteiger partial charge is 0.225 e. The number of aromatic nitrogens is 2. The number of anilines is 1. The molecule has 0 atom stereocenters. The standard InChI is InChI=1S/C19H22N4OS/c1-13-5-4-6-16(14(13)2)20-19(24)9-10-23(3)12-15-7-8-17-18(11-15)22-25-21-17/h4-8,11H,9-10,12H2,1-3H3,(H,20,24). The van der Waals surface area contributed by atoms with Crippen LogP contribution in [0.3, 0.4) is 0 Å². The van der Waals surface area contributed by atoms with E-state index in [0.717, 1.165) is 28.8 Å². The van der Waals surface area contributed by atoms with Crippen molar-refractivity contribution in [2.24, 2.45) is 0 Å². The second-order valence-electron chi connectivity index (χ2n) is 6.37. The molecule has 6 heteroatoms. The van der Waals surface area contributed by atoms with Crippen molar-refractivity contribution in [1.29, 1.82) is 0 Å². The topological polar surface area (TPSA) is 58.1 Å². The number of amides is 1. The van der Waals surface area contributed by atoms with Crippen molar-refractivity contribution < 1.29 is 4.79 Å². The summed E-state index contributed by atoms with van der Waals surface area (Å²) in [5.74, 6) is 0.0414. The third kappa shape index (κ3) is 4.41. The Balaban J connectivity index is 1.52. The predicted octanol–water partition coefficient (Wildman–Crippen LogP) is 3.77. The number of benzene rings is 2. The summed E-state index contributed by atoms with van der Waals surface area (Å²) in [4.78, 5) is 14.4. The van der Waals surface area contributed by atoms with Crippen molar-refractivity contribution >= 4 is 34.4 Å². The molecule has 0 fully saturated rings. The zero-order valence-electron chi connectivity index (χ0n) is 14.7. The van der Waals surface area contributed by atoms with Gasteiger partial charge in [0.05, 0.1) is 11.7 Å². The third-order valence-corrected chi connectivity index (χ3v) is 4.93. The summed E-state index contributed by atoms with van der Waals surface area (Å²) >= 11 is 1.23. The van der Waals surface area contributed by atoms with E-state index < -0.39 is 0 Å². The average Bonchev–Trinajstić information content (AvgIpc) is 3.05. The highest BCUT2D eigenvalue weighted by Gasteiger charge is 2.09. The Labute approximate surface area is 152 Å². The van der Waals surface area contributed by atoms with Crippen LogP contribution in [0.4, 0.5) is 5.69 Å². The van der Waals surface area contributed by atoms with E-state index in [1.165, 1.54) is 22.9 Å². The van der Waals surface area contributed by atoms with Crippen LogP contribution in [0.1, 0.15) is 23.1 Å². The second-order valence-corrected chi connectivity index (χ2v) is 6.90. The summed E-state index contributed by atoms with van der Waals surface area (Å²) in [6.07, 6.45) is 0.463. The minimum absolute atomic E-state index is 0.0414. The quantitative estimate of drug-likeness (QED) is 0.732. The van der Waals surface area contributed by atoms with E-state index in [1.807, 2.05) is 45.2 Å². The third-order valence-electron chi connectivity index (χ3n) is 4.37. The largest absolute Gasteiger partial charge is 0.326 e. The van der Waals surface area contributed by atoms with Crippen LogP contribution in [0, 0.1) is 13.8 Å². The number of carbonyl (C=O) groups excluding carboxylic acids is 1. The maximum absolute atomic E-state index is 12.2. The van der Waals surface area contributed by atoms with Crippen molar-refractivity contribution in [2.75, 3.05) is 18.9 Å². The van der Waals surface area contributed by atoms with Crippen LogP contribution in [0.25, 0.3) is 11.0 Å². The van der Waals surface area contributed by atoms with Gasteiger partial charge in [0.1, 0.15) is 11.0 Å². The van der Waals surface area contributed by atoms with Gasteiger partial charge in [-0.15, -0.1) is 0 Å². The number of nitrogens with zero attached hydrogens (tertiary/aromatic N) is 3. The molecule has 0 aliphatic carbocycles. The van der Waals surface area contributed by atoms with Gasteiger partial charge in [-0.1, -0.05) is 18.2 Å². The number of carbonyl (C=O) groups is 1. The first-order valence-electron chi connectivity index (χ1n) is 8.29. The van der Waals surface area contributed by atoms with Crippen LogP contribution in [-0.4, -0.2) is 33.1 Å². The number of hydrogen-bond donors (Lipinski definition) is 1. The molecule has 0 aliphatic heterocycles. The zero-order valence-corrected chi connectivity index (χ0v) is 15.6. The first kappa shape index (κ1) is 17.5. The fraction of sp³-hybridized carbons (Fsp3) is 0.316. The molecule has 3 rings (SSSR count). The van der Waals surface area contributed by atoms with Gasteiger partial charge in [-0.05, 0) is 55.8 Å². The lowest BCUT2D eigenvalue weighted by molar-refractivity contribution is -0.116. The van der Waals surface area contributed by atoms with Gasteiger partial charge in [0.15, 0.2) is 0 Å². The van der Waals surface area contributed by atoms with Crippen molar-refractivity contribution in [2.45, 2.75) is 26.8 Å². The van der Waals surface area contributed by atoms with Gasteiger partial charge in [-0.25, -0.2) is 0 Å². The molecule has 0 saturated carbocycles. The Morgan fingerprint density at radius 3 is 2.80 bits per heavy atom. The van der Waals surface area contributed by atoms with E-state index in [1.54, 1.807) is 0 Å². The SMILES string of the molecule is Cc1cccc(NC(=O)CCN(C)Cc2ccc3nsnc3c2)c1C. The highest BCUT2D eigenvalue weighted by Crippen LogP contribution is 2.18. The fourth-order valence-electron chi connectivity index (χ4n) is 2.71. The molecule has 2 aromatic carbocycles. The van der Waals surface area contributed by atoms with Gasteiger partial charge in [-0.3, -0.25) is 4.79 Å². The van der Waals surface area contributed by atoms with Gasteiger partial charge in [0.2, 0.25) is 5.91 Å². The molecule has 0 bridgehead atoms. The van der Waals surface area contributed by atoms with Gasteiger partial charge in [-0.2, -0.15) is 8.75 Å². The Morgan fingerprint density at radius 1 is 1.16 bits per heavy atom. The maximum atomic E-state index is 12.2. The first-order valence-corrected chi connectivity index (χ1v) is 9.02. The molecule has 0 aliphatic rings.